The first-order chi connectivity index (χ1) is 11.7. The molecule has 1 aromatic rings. The monoisotopic (exact) mass is 355 g/mol. The van der Waals surface area contributed by atoms with Crippen molar-refractivity contribution in [1.82, 2.24) is 4.90 Å². The van der Waals surface area contributed by atoms with E-state index in [4.69, 9.17) is 9.84 Å². The molecule has 136 valence electrons. The highest BCUT2D eigenvalue weighted by atomic mass is 19.3. The Morgan fingerprint density at radius 2 is 2.00 bits per heavy atom. The molecule has 6 nitrogen and oxygen atoms in total. The first-order valence-corrected chi connectivity index (χ1v) is 7.81. The quantitative estimate of drug-likeness (QED) is 0.813. The molecule has 2 atom stereocenters. The minimum absolute atomic E-state index is 0.0538. The summed E-state index contributed by atoms with van der Waals surface area (Å²) < 4.78 is 31.6. The summed E-state index contributed by atoms with van der Waals surface area (Å²) in [6, 6.07) is 8.37. The van der Waals surface area contributed by atoms with Gasteiger partial charge in [-0.05, 0) is 18.9 Å². The van der Waals surface area contributed by atoms with Crippen LogP contribution in [0.1, 0.15) is 25.3 Å². The van der Waals surface area contributed by atoms with Crippen molar-refractivity contribution in [3.63, 3.8) is 0 Å². The number of halogens is 2. The summed E-state index contributed by atoms with van der Waals surface area (Å²) in [4.78, 5) is 36.2. The number of hydrogen-bond acceptors (Lipinski definition) is 4. The summed E-state index contributed by atoms with van der Waals surface area (Å²) in [5, 5.41) is 8.91. The van der Waals surface area contributed by atoms with Gasteiger partial charge < -0.3 is 9.84 Å². The zero-order valence-corrected chi connectivity index (χ0v) is 13.7. The fourth-order valence-corrected chi connectivity index (χ4v) is 2.85. The van der Waals surface area contributed by atoms with Gasteiger partial charge >= 0.3 is 12.1 Å². The molecule has 0 radical (unpaired) electrons. The highest BCUT2D eigenvalue weighted by molar-refractivity contribution is 5.96. The normalized spacial score (nSPS) is 18.8. The van der Waals surface area contributed by atoms with Crippen LogP contribution in [0.2, 0.25) is 0 Å². The van der Waals surface area contributed by atoms with Crippen LogP contribution in [0.25, 0.3) is 0 Å². The van der Waals surface area contributed by atoms with Crippen molar-refractivity contribution in [2.75, 3.05) is 6.61 Å². The van der Waals surface area contributed by atoms with Crippen LogP contribution in [-0.2, 0) is 20.7 Å². The fraction of sp³-hybridized carbons (Fsp3) is 0.471. The summed E-state index contributed by atoms with van der Waals surface area (Å²) >= 11 is 0. The number of benzene rings is 1. The maximum atomic E-state index is 13.3. The highest BCUT2D eigenvalue weighted by Gasteiger charge is 2.43. The molecule has 8 heteroatoms. The van der Waals surface area contributed by atoms with Gasteiger partial charge in [0.2, 0.25) is 11.8 Å². The van der Waals surface area contributed by atoms with E-state index in [1.54, 1.807) is 24.3 Å². The van der Waals surface area contributed by atoms with Gasteiger partial charge in [-0.1, -0.05) is 30.3 Å². The minimum atomic E-state index is -3.23. The van der Waals surface area contributed by atoms with Gasteiger partial charge in [0.1, 0.15) is 6.61 Å². The van der Waals surface area contributed by atoms with E-state index in [0.29, 0.717) is 13.3 Å². The van der Waals surface area contributed by atoms with E-state index in [0.717, 1.165) is 10.5 Å². The Hall–Kier alpha value is -2.51. The molecule has 0 bridgehead atoms. The molecular weight excluding hydrogens is 336 g/mol. The molecule has 2 rings (SSSR count). The minimum Gasteiger partial charge on any atom is -0.481 e. The lowest BCUT2D eigenvalue weighted by Gasteiger charge is -2.25. The van der Waals surface area contributed by atoms with Crippen molar-refractivity contribution in [2.24, 2.45) is 5.92 Å². The Kier molecular flexibility index (Phi) is 5.71. The summed E-state index contributed by atoms with van der Waals surface area (Å²) in [6.45, 7) is 0.556. The second kappa shape index (κ2) is 7.58. The summed E-state index contributed by atoms with van der Waals surface area (Å²) in [5.74, 6) is -7.04. The molecule has 0 spiro atoms. The van der Waals surface area contributed by atoms with Crippen molar-refractivity contribution in [3.05, 3.63) is 35.9 Å². The van der Waals surface area contributed by atoms with Crippen LogP contribution in [0.5, 0.6) is 0 Å². The Labute approximate surface area is 143 Å². The molecule has 0 aliphatic carbocycles. The molecule has 0 saturated carbocycles. The van der Waals surface area contributed by atoms with Gasteiger partial charge in [0, 0.05) is 6.42 Å². The molecule has 1 aromatic carbocycles. The lowest BCUT2D eigenvalue weighted by molar-refractivity contribution is -0.146. The van der Waals surface area contributed by atoms with Gasteiger partial charge in [0.15, 0.2) is 0 Å². The van der Waals surface area contributed by atoms with Crippen molar-refractivity contribution in [3.8, 4) is 0 Å². The third kappa shape index (κ3) is 5.23. The van der Waals surface area contributed by atoms with Crippen LogP contribution in [0, 0.1) is 5.92 Å². The van der Waals surface area contributed by atoms with E-state index >= 15 is 0 Å². The van der Waals surface area contributed by atoms with Crippen molar-refractivity contribution >= 4 is 18.0 Å². The molecule has 2 unspecified atom stereocenters. The molecule has 25 heavy (non-hydrogen) atoms. The van der Waals surface area contributed by atoms with Crippen molar-refractivity contribution in [1.29, 1.82) is 0 Å². The van der Waals surface area contributed by atoms with Crippen LogP contribution >= 0.6 is 0 Å². The topological polar surface area (TPSA) is 83.9 Å². The molecule has 0 aromatic heterocycles. The molecular formula is C17H19F2NO5. The number of nitrogens with zero attached hydrogens (tertiary/aromatic N) is 1. The number of ether oxygens (including phenoxy) is 1. The largest absolute Gasteiger partial charge is 0.481 e. The molecule has 1 aliphatic heterocycles. The predicted molar refractivity (Wildman–Crippen MR) is 83.1 cm³/mol. The highest BCUT2D eigenvalue weighted by Crippen LogP contribution is 2.29. The van der Waals surface area contributed by atoms with E-state index in [1.807, 2.05) is 6.07 Å². The van der Waals surface area contributed by atoms with E-state index in [2.05, 4.69) is 0 Å². The average Bonchev–Trinajstić information content (AvgIpc) is 2.86. The second-order valence-electron chi connectivity index (χ2n) is 6.20. The molecule has 1 heterocycles. The fourth-order valence-electron chi connectivity index (χ4n) is 2.85. The average molecular weight is 355 g/mol. The van der Waals surface area contributed by atoms with Gasteiger partial charge in [-0.25, -0.2) is 18.5 Å². The SMILES string of the molecule is CC(F)(F)CC(CC(=O)O)C(=O)N1C(=O)OCC1Cc1ccccc1. The Bertz CT molecular complexity index is 644. The van der Waals surface area contributed by atoms with Gasteiger partial charge in [-0.3, -0.25) is 9.59 Å². The zero-order valence-electron chi connectivity index (χ0n) is 13.7. The summed E-state index contributed by atoms with van der Waals surface area (Å²) in [5.41, 5.74) is 0.846. The van der Waals surface area contributed by atoms with E-state index in [9.17, 15) is 23.2 Å². The number of carbonyl (C=O) groups excluding carboxylic acids is 2. The summed E-state index contributed by atoms with van der Waals surface area (Å²) in [7, 11) is 0. The number of aliphatic carboxylic acids is 1. The molecule has 1 N–H and O–H groups in total. The first-order valence-electron chi connectivity index (χ1n) is 7.81. The maximum absolute atomic E-state index is 13.3. The Morgan fingerprint density at radius 3 is 2.56 bits per heavy atom. The molecule has 1 fully saturated rings. The van der Waals surface area contributed by atoms with E-state index in [1.165, 1.54) is 0 Å². The smallest absolute Gasteiger partial charge is 0.416 e. The van der Waals surface area contributed by atoms with Crippen LogP contribution in [0.15, 0.2) is 30.3 Å². The van der Waals surface area contributed by atoms with Gasteiger partial charge in [-0.15, -0.1) is 0 Å². The molecule has 1 saturated heterocycles. The Morgan fingerprint density at radius 1 is 1.36 bits per heavy atom. The van der Waals surface area contributed by atoms with E-state index in [-0.39, 0.29) is 6.61 Å². The van der Waals surface area contributed by atoms with Gasteiger partial charge in [0.05, 0.1) is 18.4 Å². The number of hydrogen-bond donors (Lipinski definition) is 1. The third-order valence-electron chi connectivity index (χ3n) is 3.89. The number of imide groups is 1. The van der Waals surface area contributed by atoms with Crippen LogP contribution in [0.4, 0.5) is 13.6 Å². The number of rotatable bonds is 7. The van der Waals surface area contributed by atoms with Gasteiger partial charge in [0.25, 0.3) is 0 Å². The first kappa shape index (κ1) is 18.8. The summed E-state index contributed by atoms with van der Waals surface area (Å²) in [6.07, 6.45) is -2.34. The number of carbonyl (C=O) groups is 3. The molecule has 2 amide bonds. The Balaban J connectivity index is 2.19. The number of cyclic esters (lactones) is 1. The lowest BCUT2D eigenvalue weighted by Crippen LogP contribution is -2.45. The predicted octanol–water partition coefficient (Wildman–Crippen LogP) is 2.71. The van der Waals surface area contributed by atoms with Gasteiger partial charge in [-0.2, -0.15) is 0 Å². The zero-order chi connectivity index (χ0) is 18.6. The number of carboxylic acid groups (broad SMARTS) is 1. The van der Waals surface area contributed by atoms with Crippen LogP contribution in [0.3, 0.4) is 0 Å². The number of carboxylic acids is 1. The standard InChI is InChI=1S/C17H19F2NO5/c1-17(18,19)9-12(8-14(21)22)15(23)20-13(10-25-16(20)24)7-11-5-3-2-4-6-11/h2-6,12-13H,7-10H2,1H3,(H,21,22). The number of alkyl halides is 2. The lowest BCUT2D eigenvalue weighted by atomic mass is 9.95. The van der Waals surface area contributed by atoms with Crippen LogP contribution < -0.4 is 0 Å². The van der Waals surface area contributed by atoms with E-state index < -0.39 is 48.7 Å². The second-order valence-corrected chi connectivity index (χ2v) is 6.20. The number of amides is 2. The maximum Gasteiger partial charge on any atom is 0.416 e. The van der Waals surface area contributed by atoms with Crippen LogP contribution in [-0.4, -0.2) is 46.5 Å². The third-order valence-corrected chi connectivity index (χ3v) is 3.89. The molecule has 1 aliphatic rings. The van der Waals surface area contributed by atoms with Crippen molar-refractivity contribution in [2.45, 2.75) is 38.2 Å². The van der Waals surface area contributed by atoms with Crippen molar-refractivity contribution < 1.29 is 33.0 Å².